The zero-order valence-electron chi connectivity index (χ0n) is 14.6. The molecule has 0 saturated carbocycles. The number of nitrogens with zero attached hydrogens (tertiary/aromatic N) is 3. The van der Waals surface area contributed by atoms with Crippen molar-refractivity contribution in [3.8, 4) is 5.69 Å². The van der Waals surface area contributed by atoms with Crippen molar-refractivity contribution in [1.29, 1.82) is 0 Å². The van der Waals surface area contributed by atoms with Crippen LogP contribution in [0.25, 0.3) is 11.8 Å². The Labute approximate surface area is 164 Å². The Morgan fingerprint density at radius 2 is 2.11 bits per heavy atom. The largest absolute Gasteiger partial charge is 0.322 e. The van der Waals surface area contributed by atoms with Crippen molar-refractivity contribution in [3.05, 3.63) is 87.2 Å². The first-order valence-electron chi connectivity index (χ1n) is 8.08. The lowest BCUT2D eigenvalue weighted by Crippen LogP contribution is -2.08. The fourth-order valence-corrected chi connectivity index (χ4v) is 2.73. The van der Waals surface area contributed by atoms with E-state index >= 15 is 0 Å². The Bertz CT molecular complexity index is 1090. The Morgan fingerprint density at radius 3 is 2.75 bits per heavy atom. The van der Waals surface area contributed by atoms with E-state index in [4.69, 9.17) is 11.6 Å². The Morgan fingerprint density at radius 1 is 1.32 bits per heavy atom. The predicted molar refractivity (Wildman–Crippen MR) is 104 cm³/mol. The average molecular weight is 401 g/mol. The number of hydrogen-bond acceptors (Lipinski definition) is 4. The van der Waals surface area contributed by atoms with Crippen molar-refractivity contribution >= 4 is 35.0 Å². The molecule has 0 unspecified atom stereocenters. The van der Waals surface area contributed by atoms with Gasteiger partial charge in [-0.3, -0.25) is 14.9 Å². The van der Waals surface area contributed by atoms with E-state index in [2.05, 4.69) is 10.3 Å². The molecule has 3 aromatic rings. The number of halogens is 2. The molecule has 0 aliphatic heterocycles. The van der Waals surface area contributed by atoms with Gasteiger partial charge in [0.25, 0.3) is 5.69 Å². The molecular weight excluding hydrogens is 387 g/mol. The van der Waals surface area contributed by atoms with E-state index in [1.165, 1.54) is 36.4 Å². The van der Waals surface area contributed by atoms with Crippen molar-refractivity contribution in [2.75, 3.05) is 5.32 Å². The minimum Gasteiger partial charge on any atom is -0.322 e. The summed E-state index contributed by atoms with van der Waals surface area (Å²) in [4.78, 5) is 26.4. The normalized spacial score (nSPS) is 11.0. The van der Waals surface area contributed by atoms with Crippen molar-refractivity contribution in [1.82, 2.24) is 9.55 Å². The van der Waals surface area contributed by atoms with Gasteiger partial charge in [0.15, 0.2) is 0 Å². The van der Waals surface area contributed by atoms with Crippen molar-refractivity contribution in [2.24, 2.45) is 0 Å². The maximum atomic E-state index is 14.4. The number of imidazole rings is 1. The molecule has 0 bridgehead atoms. The Hall–Kier alpha value is -3.52. The van der Waals surface area contributed by atoms with Crippen molar-refractivity contribution < 1.29 is 14.1 Å². The van der Waals surface area contributed by atoms with Crippen LogP contribution < -0.4 is 5.32 Å². The van der Waals surface area contributed by atoms with Crippen LogP contribution in [-0.4, -0.2) is 20.4 Å². The van der Waals surface area contributed by atoms with Crippen LogP contribution >= 0.6 is 11.6 Å². The first-order valence-corrected chi connectivity index (χ1v) is 8.46. The summed E-state index contributed by atoms with van der Waals surface area (Å²) < 4.78 is 15.9. The SMILES string of the molecule is Cc1nccn1-c1ccc(NC(=O)/C=C/c2ccc(Cl)c([N+](=O)[O-])c2)cc1F. The lowest BCUT2D eigenvalue weighted by Gasteiger charge is -2.09. The fourth-order valence-electron chi connectivity index (χ4n) is 2.54. The maximum absolute atomic E-state index is 14.4. The van der Waals surface area contributed by atoms with E-state index in [1.807, 2.05) is 0 Å². The number of nitrogens with one attached hydrogen (secondary N) is 1. The summed E-state index contributed by atoms with van der Waals surface area (Å²) in [7, 11) is 0. The lowest BCUT2D eigenvalue weighted by molar-refractivity contribution is -0.384. The van der Waals surface area contributed by atoms with Crippen molar-refractivity contribution in [2.45, 2.75) is 6.92 Å². The van der Waals surface area contributed by atoms with Gasteiger partial charge in [-0.2, -0.15) is 0 Å². The number of anilines is 1. The molecule has 7 nitrogen and oxygen atoms in total. The van der Waals surface area contributed by atoms with Crippen LogP contribution in [0.2, 0.25) is 5.02 Å². The Balaban J connectivity index is 1.72. The highest BCUT2D eigenvalue weighted by molar-refractivity contribution is 6.32. The number of aromatic nitrogens is 2. The average Bonchev–Trinajstić information content (AvgIpc) is 3.06. The van der Waals surface area contributed by atoms with Crippen LogP contribution in [0, 0.1) is 22.9 Å². The van der Waals surface area contributed by atoms with Gasteiger partial charge in [0, 0.05) is 30.2 Å². The van der Waals surface area contributed by atoms with Gasteiger partial charge >= 0.3 is 0 Å². The standard InChI is InChI=1S/C19H14ClFN4O3/c1-12-22-8-9-24(12)17-6-4-14(11-16(17)21)23-19(26)7-3-13-2-5-15(20)18(10-13)25(27)28/h2-11H,1H3,(H,23,26)/b7-3+. The van der Waals surface area contributed by atoms with Crippen LogP contribution in [0.15, 0.2) is 54.9 Å². The zero-order chi connectivity index (χ0) is 20.3. The molecule has 3 rings (SSSR count). The molecule has 1 heterocycles. The third-order valence-corrected chi connectivity index (χ3v) is 4.21. The first kappa shape index (κ1) is 19.2. The summed E-state index contributed by atoms with van der Waals surface area (Å²) in [6.45, 7) is 1.75. The molecule has 28 heavy (non-hydrogen) atoms. The molecule has 0 saturated heterocycles. The van der Waals surface area contributed by atoms with Gasteiger partial charge in [-0.25, -0.2) is 9.37 Å². The number of hydrogen-bond donors (Lipinski definition) is 1. The van der Waals surface area contributed by atoms with Crippen LogP contribution in [0.3, 0.4) is 0 Å². The summed E-state index contributed by atoms with van der Waals surface area (Å²) >= 11 is 5.75. The van der Waals surface area contributed by atoms with Gasteiger partial charge in [-0.05, 0) is 42.8 Å². The summed E-state index contributed by atoms with van der Waals surface area (Å²) in [6, 6.07) is 8.48. The van der Waals surface area contributed by atoms with Crippen LogP contribution in [0.1, 0.15) is 11.4 Å². The summed E-state index contributed by atoms with van der Waals surface area (Å²) in [5.74, 6) is -0.393. The molecule has 0 aliphatic rings. The van der Waals surface area contributed by atoms with E-state index in [1.54, 1.807) is 36.0 Å². The summed E-state index contributed by atoms with van der Waals surface area (Å²) in [6.07, 6.45) is 5.80. The second-order valence-corrected chi connectivity index (χ2v) is 6.21. The number of nitro benzene ring substituents is 1. The van der Waals surface area contributed by atoms with E-state index in [9.17, 15) is 19.3 Å². The molecule has 9 heteroatoms. The summed E-state index contributed by atoms with van der Waals surface area (Å²) in [5.41, 5.74) is 0.771. The highest BCUT2D eigenvalue weighted by atomic mass is 35.5. The number of aryl methyl sites for hydroxylation is 1. The van der Waals surface area contributed by atoms with E-state index in [0.717, 1.165) is 0 Å². The molecule has 0 fully saturated rings. The molecule has 0 radical (unpaired) electrons. The first-order chi connectivity index (χ1) is 13.3. The number of nitro groups is 1. The predicted octanol–water partition coefficient (Wildman–Crippen LogP) is 4.53. The Kier molecular flexibility index (Phi) is 5.51. The summed E-state index contributed by atoms with van der Waals surface area (Å²) in [5, 5.41) is 13.4. The van der Waals surface area contributed by atoms with Gasteiger partial charge in [0.05, 0.1) is 10.6 Å². The number of carbonyl (C=O) groups is 1. The minimum absolute atomic E-state index is 0.00953. The number of rotatable bonds is 5. The fraction of sp³-hybridized carbons (Fsp3) is 0.0526. The van der Waals surface area contributed by atoms with Crippen LogP contribution in [-0.2, 0) is 4.79 Å². The number of carbonyl (C=O) groups excluding carboxylic acids is 1. The molecule has 1 aromatic heterocycles. The van der Waals surface area contributed by atoms with Gasteiger partial charge < -0.3 is 9.88 Å². The monoisotopic (exact) mass is 400 g/mol. The van der Waals surface area contributed by atoms with E-state index in [0.29, 0.717) is 17.1 Å². The topological polar surface area (TPSA) is 90.1 Å². The molecule has 0 spiro atoms. The van der Waals surface area contributed by atoms with Crippen molar-refractivity contribution in [3.63, 3.8) is 0 Å². The van der Waals surface area contributed by atoms with Gasteiger partial charge in [0.1, 0.15) is 16.7 Å². The van der Waals surface area contributed by atoms with Crippen LogP contribution in [0.4, 0.5) is 15.8 Å². The molecule has 1 amide bonds. The third-order valence-electron chi connectivity index (χ3n) is 3.89. The molecule has 0 aliphatic carbocycles. The van der Waals surface area contributed by atoms with Crippen LogP contribution in [0.5, 0.6) is 0 Å². The van der Waals surface area contributed by atoms with E-state index in [-0.39, 0.29) is 16.4 Å². The maximum Gasteiger partial charge on any atom is 0.288 e. The van der Waals surface area contributed by atoms with Gasteiger partial charge in [0.2, 0.25) is 5.91 Å². The second kappa shape index (κ2) is 8.01. The quantitative estimate of drug-likeness (QED) is 0.387. The molecule has 142 valence electrons. The molecule has 0 atom stereocenters. The van der Waals surface area contributed by atoms with E-state index < -0.39 is 16.6 Å². The number of amides is 1. The number of benzene rings is 2. The minimum atomic E-state index is -0.605. The molecule has 1 N–H and O–H groups in total. The lowest BCUT2D eigenvalue weighted by atomic mass is 10.2. The molecule has 2 aromatic carbocycles. The highest BCUT2D eigenvalue weighted by Crippen LogP contribution is 2.25. The second-order valence-electron chi connectivity index (χ2n) is 5.80. The van der Waals surface area contributed by atoms with Gasteiger partial charge in [-0.15, -0.1) is 0 Å². The third kappa shape index (κ3) is 4.24. The molecular formula is C19H14ClFN4O3. The smallest absolute Gasteiger partial charge is 0.288 e. The zero-order valence-corrected chi connectivity index (χ0v) is 15.4. The highest BCUT2D eigenvalue weighted by Gasteiger charge is 2.12. The van der Waals surface area contributed by atoms with Gasteiger partial charge in [-0.1, -0.05) is 17.7 Å².